The van der Waals surface area contributed by atoms with Crippen molar-refractivity contribution >= 4 is 5.69 Å². The molecule has 0 saturated carbocycles. The van der Waals surface area contributed by atoms with Gasteiger partial charge in [0.2, 0.25) is 0 Å². The molecule has 16 heavy (non-hydrogen) atoms. The summed E-state index contributed by atoms with van der Waals surface area (Å²) in [5.41, 5.74) is 4.24. The Kier molecular flexibility index (Phi) is 2.60. The van der Waals surface area contributed by atoms with E-state index in [2.05, 4.69) is 35.3 Å². The number of nitrogens with one attached hydrogen (secondary N) is 1. The van der Waals surface area contributed by atoms with Gasteiger partial charge < -0.3 is 10.2 Å². The highest BCUT2D eigenvalue weighted by atomic mass is 15.2. The first-order valence-corrected chi connectivity index (χ1v) is 6.37. The lowest BCUT2D eigenvalue weighted by Crippen LogP contribution is -2.43. The molecule has 2 aliphatic rings. The number of hydrogen-bond donors (Lipinski definition) is 1. The summed E-state index contributed by atoms with van der Waals surface area (Å²) in [6.07, 6.45) is 2.65. The molecule has 0 radical (unpaired) electrons. The van der Waals surface area contributed by atoms with Crippen molar-refractivity contribution in [1.29, 1.82) is 0 Å². The zero-order valence-corrected chi connectivity index (χ0v) is 10.00. The van der Waals surface area contributed by atoms with E-state index in [9.17, 15) is 0 Å². The molecule has 1 aromatic rings. The lowest BCUT2D eigenvalue weighted by Gasteiger charge is -2.36. The molecule has 1 saturated heterocycles. The van der Waals surface area contributed by atoms with E-state index in [1.165, 1.54) is 49.3 Å². The van der Waals surface area contributed by atoms with Crippen molar-refractivity contribution in [3.05, 3.63) is 29.3 Å². The molecule has 0 amide bonds. The lowest BCUT2D eigenvalue weighted by atomic mass is 9.92. The van der Waals surface area contributed by atoms with E-state index in [0.29, 0.717) is 0 Å². The van der Waals surface area contributed by atoms with E-state index in [-0.39, 0.29) is 0 Å². The molecule has 86 valence electrons. The van der Waals surface area contributed by atoms with Crippen LogP contribution in [0.3, 0.4) is 0 Å². The molecular formula is C14H20N2. The van der Waals surface area contributed by atoms with Gasteiger partial charge in [0.1, 0.15) is 0 Å². The quantitative estimate of drug-likeness (QED) is 0.816. The van der Waals surface area contributed by atoms with Crippen LogP contribution in [-0.4, -0.2) is 31.1 Å². The van der Waals surface area contributed by atoms with Crippen molar-refractivity contribution in [2.45, 2.75) is 19.8 Å². The van der Waals surface area contributed by atoms with Gasteiger partial charge in [-0.05, 0) is 50.4 Å². The summed E-state index contributed by atoms with van der Waals surface area (Å²) in [5.74, 6) is 0.801. The normalized spacial score (nSPS) is 24.4. The maximum atomic E-state index is 3.57. The largest absolute Gasteiger partial charge is 0.384 e. The third-order valence-electron chi connectivity index (χ3n) is 3.82. The van der Waals surface area contributed by atoms with Crippen LogP contribution in [0.4, 0.5) is 5.69 Å². The number of hydrogen-bond acceptors (Lipinski definition) is 2. The van der Waals surface area contributed by atoms with Crippen molar-refractivity contribution < 1.29 is 0 Å². The van der Waals surface area contributed by atoms with Crippen LogP contribution in [0.15, 0.2) is 18.2 Å². The number of likely N-dealkylation sites (tertiary alicyclic amines) is 1. The van der Waals surface area contributed by atoms with E-state index in [1.807, 2.05) is 0 Å². The topological polar surface area (TPSA) is 15.3 Å². The Bertz CT molecular complexity index is 382. The molecule has 1 atom stereocenters. The van der Waals surface area contributed by atoms with Gasteiger partial charge in [-0.3, -0.25) is 0 Å². The van der Waals surface area contributed by atoms with Gasteiger partial charge in [-0.25, -0.2) is 0 Å². The average Bonchev–Trinajstić information content (AvgIpc) is 2.23. The fourth-order valence-electron chi connectivity index (χ4n) is 2.76. The molecule has 0 aliphatic carbocycles. The summed E-state index contributed by atoms with van der Waals surface area (Å²) in [5, 5.41) is 3.57. The second-order valence-corrected chi connectivity index (χ2v) is 5.27. The van der Waals surface area contributed by atoms with Crippen LogP contribution in [-0.2, 0) is 6.42 Å². The highest BCUT2D eigenvalue weighted by molar-refractivity contribution is 5.54. The van der Waals surface area contributed by atoms with Gasteiger partial charge in [0, 0.05) is 18.8 Å². The molecule has 1 fully saturated rings. The summed E-state index contributed by atoms with van der Waals surface area (Å²) in [6.45, 7) is 7.24. The minimum atomic E-state index is 0.801. The molecule has 0 bridgehead atoms. The zero-order chi connectivity index (χ0) is 11.0. The summed E-state index contributed by atoms with van der Waals surface area (Å²) in [7, 11) is 0. The maximum Gasteiger partial charge on any atom is 0.0373 e. The van der Waals surface area contributed by atoms with E-state index < -0.39 is 0 Å². The Hall–Kier alpha value is -1.02. The fraction of sp³-hybridized carbons (Fsp3) is 0.571. The van der Waals surface area contributed by atoms with Crippen molar-refractivity contribution in [3.63, 3.8) is 0 Å². The van der Waals surface area contributed by atoms with Gasteiger partial charge >= 0.3 is 0 Å². The number of nitrogens with zero attached hydrogens (tertiary/aromatic N) is 1. The number of benzene rings is 1. The Balaban J connectivity index is 1.69. The molecule has 1 aromatic carbocycles. The molecule has 3 rings (SSSR count). The van der Waals surface area contributed by atoms with E-state index in [0.717, 1.165) is 12.5 Å². The minimum Gasteiger partial charge on any atom is -0.384 e. The highest BCUT2D eigenvalue weighted by Crippen LogP contribution is 2.26. The molecule has 2 aliphatic heterocycles. The first kappa shape index (κ1) is 10.2. The summed E-state index contributed by atoms with van der Waals surface area (Å²) in [6, 6.07) is 6.76. The Morgan fingerprint density at radius 3 is 3.00 bits per heavy atom. The second kappa shape index (κ2) is 4.10. The first-order valence-electron chi connectivity index (χ1n) is 6.37. The maximum absolute atomic E-state index is 3.57. The Morgan fingerprint density at radius 1 is 1.38 bits per heavy atom. The summed E-state index contributed by atoms with van der Waals surface area (Å²) in [4.78, 5) is 2.58. The molecular weight excluding hydrogens is 196 g/mol. The number of aryl methyl sites for hydroxylation is 1. The molecule has 1 unspecified atom stereocenters. The van der Waals surface area contributed by atoms with Crippen molar-refractivity contribution in [1.82, 2.24) is 4.90 Å². The Labute approximate surface area is 97.6 Å². The van der Waals surface area contributed by atoms with Crippen molar-refractivity contribution in [2.24, 2.45) is 5.92 Å². The fourth-order valence-corrected chi connectivity index (χ4v) is 2.76. The average molecular weight is 216 g/mol. The molecule has 1 N–H and O–H groups in total. The number of anilines is 1. The number of rotatable bonds is 2. The standard InChI is InChI=1S/C14H20N2/c1-11-3-4-14-13(7-11)8-12(9-15-14)10-16-5-2-6-16/h3-4,7,12,15H,2,5-6,8-10H2,1H3. The predicted molar refractivity (Wildman–Crippen MR) is 67.9 cm³/mol. The first-order chi connectivity index (χ1) is 7.81. The lowest BCUT2D eigenvalue weighted by molar-refractivity contribution is 0.154. The van der Waals surface area contributed by atoms with Crippen molar-refractivity contribution in [2.75, 3.05) is 31.5 Å². The molecule has 0 aromatic heterocycles. The van der Waals surface area contributed by atoms with E-state index in [4.69, 9.17) is 0 Å². The van der Waals surface area contributed by atoms with Crippen molar-refractivity contribution in [3.8, 4) is 0 Å². The number of fused-ring (bicyclic) bond motifs is 1. The monoisotopic (exact) mass is 216 g/mol. The van der Waals surface area contributed by atoms with Crippen LogP contribution in [0.5, 0.6) is 0 Å². The summed E-state index contributed by atoms with van der Waals surface area (Å²) < 4.78 is 0. The predicted octanol–water partition coefficient (Wildman–Crippen LogP) is 2.28. The van der Waals surface area contributed by atoms with Crippen LogP contribution >= 0.6 is 0 Å². The Morgan fingerprint density at radius 2 is 2.25 bits per heavy atom. The van der Waals surface area contributed by atoms with Gasteiger partial charge in [0.15, 0.2) is 0 Å². The molecule has 2 heterocycles. The third-order valence-corrected chi connectivity index (χ3v) is 3.82. The van der Waals surface area contributed by atoms with Crippen LogP contribution in [0.1, 0.15) is 17.5 Å². The van der Waals surface area contributed by atoms with Gasteiger partial charge in [-0.2, -0.15) is 0 Å². The molecule has 2 nitrogen and oxygen atoms in total. The third kappa shape index (κ3) is 1.94. The van der Waals surface area contributed by atoms with Crippen LogP contribution < -0.4 is 5.32 Å². The smallest absolute Gasteiger partial charge is 0.0373 e. The van der Waals surface area contributed by atoms with E-state index in [1.54, 1.807) is 0 Å². The van der Waals surface area contributed by atoms with Gasteiger partial charge in [0.05, 0.1) is 0 Å². The van der Waals surface area contributed by atoms with Gasteiger partial charge in [0.25, 0.3) is 0 Å². The van der Waals surface area contributed by atoms with Crippen LogP contribution in [0, 0.1) is 12.8 Å². The van der Waals surface area contributed by atoms with E-state index >= 15 is 0 Å². The SMILES string of the molecule is Cc1ccc2c(c1)CC(CN1CCC1)CN2. The highest BCUT2D eigenvalue weighted by Gasteiger charge is 2.23. The second-order valence-electron chi connectivity index (χ2n) is 5.27. The molecule has 2 heteroatoms. The van der Waals surface area contributed by atoms with Crippen LogP contribution in [0.25, 0.3) is 0 Å². The van der Waals surface area contributed by atoms with Gasteiger partial charge in [-0.1, -0.05) is 17.7 Å². The van der Waals surface area contributed by atoms with Gasteiger partial charge in [-0.15, -0.1) is 0 Å². The summed E-state index contributed by atoms with van der Waals surface area (Å²) >= 11 is 0. The molecule has 0 spiro atoms. The minimum absolute atomic E-state index is 0.801. The van der Waals surface area contributed by atoms with Crippen LogP contribution in [0.2, 0.25) is 0 Å². The zero-order valence-electron chi connectivity index (χ0n) is 10.00.